The van der Waals surface area contributed by atoms with E-state index in [1.54, 1.807) is 16.5 Å². The molecule has 13 heteroatoms. The molecule has 0 aliphatic carbocycles. The van der Waals surface area contributed by atoms with Gasteiger partial charge in [0.2, 0.25) is 0 Å². The first-order valence-corrected chi connectivity index (χ1v) is 11.3. The van der Waals surface area contributed by atoms with Crippen LogP contribution in [0.5, 0.6) is 0 Å². The fourth-order valence-corrected chi connectivity index (χ4v) is 4.59. The number of thiazole rings is 1. The maximum absolute atomic E-state index is 14.2. The largest absolute Gasteiger partial charge is 0.480 e. The van der Waals surface area contributed by atoms with Crippen molar-refractivity contribution in [1.82, 2.24) is 15.2 Å². The number of carbonyl (C=O) groups excluding carboxylic acids is 1. The summed E-state index contributed by atoms with van der Waals surface area (Å²) in [6.45, 7) is 0.558. The van der Waals surface area contributed by atoms with E-state index in [9.17, 15) is 23.5 Å². The van der Waals surface area contributed by atoms with Gasteiger partial charge in [-0.05, 0) is 12.1 Å². The summed E-state index contributed by atoms with van der Waals surface area (Å²) < 4.78 is 38.2. The van der Waals surface area contributed by atoms with E-state index in [0.29, 0.717) is 11.6 Å². The third-order valence-electron chi connectivity index (χ3n) is 5.39. The molecule has 0 unspecified atom stereocenters. The Morgan fingerprint density at radius 1 is 1.38 bits per heavy atom. The number of nitrogens with one attached hydrogen (secondary N) is 1. The lowest BCUT2D eigenvalue weighted by Gasteiger charge is -2.35. The number of carboxylic acids is 1. The van der Waals surface area contributed by atoms with E-state index in [1.165, 1.54) is 18.4 Å². The molecule has 1 aromatic heterocycles. The zero-order valence-corrected chi connectivity index (χ0v) is 19.3. The van der Waals surface area contributed by atoms with Crippen LogP contribution < -0.4 is 5.32 Å². The van der Waals surface area contributed by atoms with E-state index < -0.39 is 35.7 Å². The van der Waals surface area contributed by atoms with Gasteiger partial charge in [-0.2, -0.15) is 0 Å². The van der Waals surface area contributed by atoms with Crippen LogP contribution in [0.2, 0.25) is 5.02 Å². The van der Waals surface area contributed by atoms with Crippen molar-refractivity contribution in [2.75, 3.05) is 33.4 Å². The number of carbonyl (C=O) groups is 2. The Morgan fingerprint density at radius 3 is 2.82 bits per heavy atom. The third-order valence-corrected chi connectivity index (χ3v) is 6.49. The van der Waals surface area contributed by atoms with Crippen molar-refractivity contribution in [3.8, 4) is 0 Å². The van der Waals surface area contributed by atoms with Crippen molar-refractivity contribution in [2.24, 2.45) is 4.99 Å². The molecule has 0 radical (unpaired) electrons. The minimum Gasteiger partial charge on any atom is -0.480 e. The maximum Gasteiger partial charge on any atom is 0.338 e. The predicted octanol–water partition coefficient (Wildman–Crippen LogP) is 2.38. The molecule has 34 heavy (non-hydrogen) atoms. The first-order valence-electron chi connectivity index (χ1n) is 10.0. The summed E-state index contributed by atoms with van der Waals surface area (Å²) in [5, 5.41) is 14.7. The first kappa shape index (κ1) is 24.2. The van der Waals surface area contributed by atoms with Gasteiger partial charge in [-0.15, -0.1) is 11.3 Å². The molecule has 4 rings (SSSR count). The zero-order valence-electron chi connectivity index (χ0n) is 17.8. The van der Waals surface area contributed by atoms with Gasteiger partial charge in [0.05, 0.1) is 25.9 Å². The fraction of sp³-hybridized carbons (Fsp3) is 0.333. The number of nitrogens with zero attached hydrogens (tertiary/aromatic N) is 3. The minimum atomic E-state index is -1.16. The minimum absolute atomic E-state index is 0.00699. The van der Waals surface area contributed by atoms with Gasteiger partial charge in [-0.25, -0.2) is 18.6 Å². The normalized spacial score (nSPS) is 21.1. The summed E-state index contributed by atoms with van der Waals surface area (Å²) in [5.41, 5.74) is 0.322. The van der Waals surface area contributed by atoms with Gasteiger partial charge < -0.3 is 19.9 Å². The SMILES string of the molecule is COC(=O)C1=C(CN2CCOC[C@H]2C(=O)O)NC(c2nccs2)=N[C@H]1c1cc(F)c(F)cc1Cl. The molecule has 9 nitrogen and oxygen atoms in total. The van der Waals surface area contributed by atoms with E-state index in [1.807, 2.05) is 0 Å². The van der Waals surface area contributed by atoms with E-state index in [2.05, 4.69) is 15.3 Å². The van der Waals surface area contributed by atoms with Crippen LogP contribution in [0.25, 0.3) is 0 Å². The number of hydrogen-bond acceptors (Lipinski definition) is 9. The average Bonchev–Trinajstić information content (AvgIpc) is 3.36. The summed E-state index contributed by atoms with van der Waals surface area (Å²) in [6.07, 6.45) is 1.56. The number of hydrogen-bond donors (Lipinski definition) is 2. The van der Waals surface area contributed by atoms with Crippen molar-refractivity contribution in [2.45, 2.75) is 12.1 Å². The van der Waals surface area contributed by atoms with Gasteiger partial charge in [-0.3, -0.25) is 14.7 Å². The van der Waals surface area contributed by atoms with Gasteiger partial charge in [0, 0.05) is 40.9 Å². The quantitative estimate of drug-likeness (QED) is 0.448. The smallest absolute Gasteiger partial charge is 0.338 e. The molecule has 0 bridgehead atoms. The van der Waals surface area contributed by atoms with Crippen molar-refractivity contribution in [3.05, 3.63) is 62.2 Å². The lowest BCUT2D eigenvalue weighted by atomic mass is 9.94. The van der Waals surface area contributed by atoms with Crippen molar-refractivity contribution in [3.63, 3.8) is 0 Å². The number of benzene rings is 1. The molecule has 1 fully saturated rings. The lowest BCUT2D eigenvalue weighted by molar-refractivity contribution is -0.149. The number of aliphatic imine (C=N–C) groups is 1. The summed E-state index contributed by atoms with van der Waals surface area (Å²) >= 11 is 7.50. The van der Waals surface area contributed by atoms with E-state index >= 15 is 0 Å². The second-order valence-corrected chi connectivity index (χ2v) is 8.72. The van der Waals surface area contributed by atoms with Crippen LogP contribution in [0.1, 0.15) is 16.6 Å². The van der Waals surface area contributed by atoms with Crippen molar-refractivity contribution < 1.29 is 33.0 Å². The predicted molar refractivity (Wildman–Crippen MR) is 119 cm³/mol. The molecular weight excluding hydrogens is 494 g/mol. The van der Waals surface area contributed by atoms with Crippen LogP contribution >= 0.6 is 22.9 Å². The number of amidine groups is 1. The van der Waals surface area contributed by atoms with Crippen molar-refractivity contribution in [1.29, 1.82) is 0 Å². The Kier molecular flexibility index (Phi) is 7.22. The van der Waals surface area contributed by atoms with Crippen LogP contribution in [0, 0.1) is 11.6 Å². The fourth-order valence-electron chi connectivity index (χ4n) is 3.75. The molecule has 2 atom stereocenters. The van der Waals surface area contributed by atoms with E-state index in [4.69, 9.17) is 21.1 Å². The Bertz CT molecular complexity index is 1170. The topological polar surface area (TPSA) is 113 Å². The van der Waals surface area contributed by atoms with Crippen LogP contribution in [0.15, 0.2) is 40.0 Å². The van der Waals surface area contributed by atoms with Crippen molar-refractivity contribution >= 4 is 40.7 Å². The molecule has 3 heterocycles. The Morgan fingerprint density at radius 2 is 2.15 bits per heavy atom. The maximum atomic E-state index is 14.2. The molecule has 2 N–H and O–H groups in total. The summed E-state index contributed by atoms with van der Waals surface area (Å²) in [7, 11) is 1.17. The number of rotatable bonds is 6. The molecule has 0 spiro atoms. The molecule has 0 saturated carbocycles. The standard InChI is InChI=1S/C21H19ClF2N4O5S/c1-32-21(31)16-14(8-28-3-4-33-9-15(28)20(29)30)26-18(19-25-2-5-34-19)27-17(16)10-6-12(23)13(24)7-11(10)22/h2,5-7,15,17H,3-4,8-9H2,1H3,(H,26,27)(H,29,30)/t15-,17-/m0/s1. The molecule has 2 aliphatic rings. The van der Waals surface area contributed by atoms with Gasteiger partial charge in [0.15, 0.2) is 22.5 Å². The second kappa shape index (κ2) is 10.1. The van der Waals surface area contributed by atoms with Gasteiger partial charge in [0.1, 0.15) is 12.1 Å². The van der Waals surface area contributed by atoms with Gasteiger partial charge in [0.25, 0.3) is 0 Å². The molecule has 2 aromatic rings. The highest BCUT2D eigenvalue weighted by molar-refractivity contribution is 7.11. The number of aromatic nitrogens is 1. The number of ether oxygens (including phenoxy) is 2. The highest BCUT2D eigenvalue weighted by Crippen LogP contribution is 2.37. The number of halogens is 3. The van der Waals surface area contributed by atoms with Crippen LogP contribution in [0.3, 0.4) is 0 Å². The third kappa shape index (κ3) is 4.80. The van der Waals surface area contributed by atoms with E-state index in [0.717, 1.165) is 12.1 Å². The second-order valence-electron chi connectivity index (χ2n) is 7.41. The van der Waals surface area contributed by atoms with Crippen LogP contribution in [-0.2, 0) is 19.1 Å². The summed E-state index contributed by atoms with van der Waals surface area (Å²) in [6, 6.07) is -0.417. The average molecular weight is 513 g/mol. The number of carboxylic acid groups (broad SMARTS) is 1. The molecule has 2 aliphatic heterocycles. The summed E-state index contributed by atoms with van der Waals surface area (Å²) in [5.74, 6) is -3.90. The van der Waals surface area contributed by atoms with E-state index in [-0.39, 0.29) is 47.4 Å². The molecule has 1 saturated heterocycles. The highest BCUT2D eigenvalue weighted by Gasteiger charge is 2.37. The lowest BCUT2D eigenvalue weighted by Crippen LogP contribution is -2.52. The number of esters is 1. The molecule has 0 amide bonds. The first-order chi connectivity index (χ1) is 16.3. The zero-order chi connectivity index (χ0) is 24.4. The Labute approximate surface area is 201 Å². The van der Waals surface area contributed by atoms with Crippen LogP contribution in [0.4, 0.5) is 8.78 Å². The van der Waals surface area contributed by atoms with Crippen LogP contribution in [-0.4, -0.2) is 72.2 Å². The highest BCUT2D eigenvalue weighted by atomic mass is 35.5. The molecule has 180 valence electrons. The monoisotopic (exact) mass is 512 g/mol. The summed E-state index contributed by atoms with van der Waals surface area (Å²) in [4.78, 5) is 35.0. The number of methoxy groups -OCH3 is 1. The number of aliphatic carboxylic acids is 1. The molecular formula is C21H19ClF2N4O5S. The Hall–Kier alpha value is -2.93. The Balaban J connectivity index is 1.85. The van der Waals surface area contributed by atoms with Gasteiger partial charge >= 0.3 is 11.9 Å². The molecule has 1 aromatic carbocycles. The number of morpholine rings is 1. The van der Waals surface area contributed by atoms with Gasteiger partial charge in [-0.1, -0.05) is 11.6 Å².